The largest absolute Gasteiger partial charge is 0.494 e. The molecule has 7 nitrogen and oxygen atoms in total. The van der Waals surface area contributed by atoms with Crippen LogP contribution in [-0.4, -0.2) is 68.3 Å². The van der Waals surface area contributed by atoms with E-state index in [4.69, 9.17) is 4.74 Å². The Bertz CT molecular complexity index is 1260. The highest BCUT2D eigenvalue weighted by Crippen LogP contribution is 2.25. The number of piperazine rings is 1. The quantitative estimate of drug-likeness (QED) is 0.440. The van der Waals surface area contributed by atoms with Gasteiger partial charge in [-0.3, -0.25) is 9.69 Å². The van der Waals surface area contributed by atoms with Crippen LogP contribution in [0.5, 0.6) is 5.75 Å². The molecule has 0 aliphatic carbocycles. The van der Waals surface area contributed by atoms with Gasteiger partial charge in [-0.25, -0.2) is 8.42 Å². The first-order chi connectivity index (χ1) is 17.4. The van der Waals surface area contributed by atoms with E-state index in [-0.39, 0.29) is 17.3 Å². The van der Waals surface area contributed by atoms with E-state index >= 15 is 0 Å². The third kappa shape index (κ3) is 6.13. The van der Waals surface area contributed by atoms with Crippen molar-refractivity contribution in [3.05, 3.63) is 95.6 Å². The van der Waals surface area contributed by atoms with Crippen molar-refractivity contribution in [3.63, 3.8) is 0 Å². The molecule has 1 saturated heterocycles. The van der Waals surface area contributed by atoms with Crippen molar-refractivity contribution in [2.45, 2.75) is 24.9 Å². The molecule has 0 N–H and O–H groups in total. The van der Waals surface area contributed by atoms with Gasteiger partial charge >= 0.3 is 0 Å². The maximum absolute atomic E-state index is 13.3. The predicted octanol–water partition coefficient (Wildman–Crippen LogP) is 3.86. The van der Waals surface area contributed by atoms with Gasteiger partial charge in [0.1, 0.15) is 5.75 Å². The Morgan fingerprint density at radius 2 is 1.56 bits per heavy atom. The van der Waals surface area contributed by atoms with Crippen molar-refractivity contribution in [1.29, 1.82) is 0 Å². The number of hydrogen-bond donors (Lipinski definition) is 0. The summed E-state index contributed by atoms with van der Waals surface area (Å²) in [6.45, 7) is 6.20. The van der Waals surface area contributed by atoms with Crippen molar-refractivity contribution in [2.75, 3.05) is 39.8 Å². The van der Waals surface area contributed by atoms with E-state index in [1.807, 2.05) is 30.0 Å². The van der Waals surface area contributed by atoms with Gasteiger partial charge in [0.05, 0.1) is 11.5 Å². The topological polar surface area (TPSA) is 70.2 Å². The second-order valence-electron chi connectivity index (χ2n) is 8.88. The molecule has 1 fully saturated rings. The fourth-order valence-corrected chi connectivity index (χ4v) is 5.53. The normalized spacial score (nSPS) is 14.7. The Kier molecular flexibility index (Phi) is 8.40. The second-order valence-corrected chi connectivity index (χ2v) is 10.9. The van der Waals surface area contributed by atoms with Crippen LogP contribution in [-0.2, 0) is 23.1 Å². The molecule has 3 aromatic rings. The summed E-state index contributed by atoms with van der Waals surface area (Å²) in [4.78, 5) is 17.8. The van der Waals surface area contributed by atoms with Gasteiger partial charge < -0.3 is 9.64 Å². The minimum atomic E-state index is -3.68. The summed E-state index contributed by atoms with van der Waals surface area (Å²) in [6.07, 6.45) is 0. The SMILES string of the molecule is CCOc1ccc(C(=O)N2CCN(Cc3ccccc3)CC2)cc1CN(C)S(=O)(=O)c1ccccc1. The number of sulfonamides is 1. The maximum Gasteiger partial charge on any atom is 0.253 e. The van der Waals surface area contributed by atoms with Crippen LogP contribution in [0.2, 0.25) is 0 Å². The highest BCUT2D eigenvalue weighted by atomic mass is 32.2. The standard InChI is InChI=1S/C28H33N3O4S/c1-3-35-27-15-14-24(20-25(27)22-29(2)36(33,34)26-12-8-5-9-13-26)28(32)31-18-16-30(17-19-31)21-23-10-6-4-7-11-23/h4-15,20H,3,16-19,21-22H2,1-2H3. The number of hydrogen-bond acceptors (Lipinski definition) is 5. The number of benzene rings is 3. The molecule has 1 aliphatic rings. The lowest BCUT2D eigenvalue weighted by Gasteiger charge is -2.35. The van der Waals surface area contributed by atoms with Gasteiger partial charge in [0.15, 0.2) is 0 Å². The molecule has 0 unspecified atom stereocenters. The molecular weight excluding hydrogens is 474 g/mol. The smallest absolute Gasteiger partial charge is 0.253 e. The summed E-state index contributed by atoms with van der Waals surface area (Å²) in [5, 5.41) is 0. The summed E-state index contributed by atoms with van der Waals surface area (Å²) in [7, 11) is -2.14. The van der Waals surface area contributed by atoms with Crippen molar-refractivity contribution < 1.29 is 17.9 Å². The second kappa shape index (κ2) is 11.7. The number of ether oxygens (including phenoxy) is 1. The van der Waals surface area contributed by atoms with Gasteiger partial charge in [0, 0.05) is 57.4 Å². The summed E-state index contributed by atoms with van der Waals surface area (Å²) in [5.41, 5.74) is 2.46. The molecule has 0 atom stereocenters. The zero-order valence-electron chi connectivity index (χ0n) is 20.8. The molecule has 0 bridgehead atoms. The third-order valence-electron chi connectivity index (χ3n) is 6.36. The van der Waals surface area contributed by atoms with Gasteiger partial charge in [0.2, 0.25) is 10.0 Å². The summed E-state index contributed by atoms with van der Waals surface area (Å²) in [6, 6.07) is 24.0. The Balaban J connectivity index is 1.46. The number of carbonyl (C=O) groups excluding carboxylic acids is 1. The number of nitrogens with zero attached hydrogens (tertiary/aromatic N) is 3. The molecule has 190 valence electrons. The molecule has 3 aromatic carbocycles. The molecule has 36 heavy (non-hydrogen) atoms. The van der Waals surface area contributed by atoms with E-state index in [1.165, 1.54) is 9.87 Å². The minimum absolute atomic E-state index is 0.0489. The van der Waals surface area contributed by atoms with Crippen molar-refractivity contribution in [3.8, 4) is 5.75 Å². The first kappa shape index (κ1) is 25.9. The molecule has 8 heteroatoms. The van der Waals surface area contributed by atoms with Gasteiger partial charge in [-0.1, -0.05) is 48.5 Å². The average molecular weight is 508 g/mol. The van der Waals surface area contributed by atoms with Crippen LogP contribution in [0.1, 0.15) is 28.4 Å². The number of rotatable bonds is 9. The van der Waals surface area contributed by atoms with E-state index in [9.17, 15) is 13.2 Å². The highest BCUT2D eigenvalue weighted by Gasteiger charge is 2.25. The lowest BCUT2D eigenvalue weighted by molar-refractivity contribution is 0.0628. The van der Waals surface area contributed by atoms with Gasteiger partial charge in [-0.05, 0) is 42.8 Å². The first-order valence-electron chi connectivity index (χ1n) is 12.2. The van der Waals surface area contributed by atoms with Crippen LogP contribution in [0.25, 0.3) is 0 Å². The van der Waals surface area contributed by atoms with E-state index in [2.05, 4.69) is 17.0 Å². The lowest BCUT2D eigenvalue weighted by Crippen LogP contribution is -2.48. The average Bonchev–Trinajstić information content (AvgIpc) is 2.91. The van der Waals surface area contributed by atoms with Crippen molar-refractivity contribution in [2.24, 2.45) is 0 Å². The van der Waals surface area contributed by atoms with Crippen molar-refractivity contribution in [1.82, 2.24) is 14.1 Å². The Morgan fingerprint density at radius 3 is 2.19 bits per heavy atom. The van der Waals surface area contributed by atoms with Gasteiger partial charge in [-0.2, -0.15) is 4.31 Å². The number of carbonyl (C=O) groups is 1. The fraction of sp³-hybridized carbons (Fsp3) is 0.321. The van der Waals surface area contributed by atoms with E-state index in [1.54, 1.807) is 55.6 Å². The van der Waals surface area contributed by atoms with Crippen LogP contribution in [0, 0.1) is 0 Å². The molecule has 0 saturated carbocycles. The summed E-state index contributed by atoms with van der Waals surface area (Å²) >= 11 is 0. The van der Waals surface area contributed by atoms with Crippen molar-refractivity contribution >= 4 is 15.9 Å². The van der Waals surface area contributed by atoms with Gasteiger partial charge in [-0.15, -0.1) is 0 Å². The zero-order chi connectivity index (χ0) is 25.5. The minimum Gasteiger partial charge on any atom is -0.494 e. The molecule has 0 spiro atoms. The summed E-state index contributed by atoms with van der Waals surface area (Å²) < 4.78 is 33.1. The summed E-state index contributed by atoms with van der Waals surface area (Å²) in [5.74, 6) is 0.532. The predicted molar refractivity (Wildman–Crippen MR) is 140 cm³/mol. The molecular formula is C28H33N3O4S. The molecule has 4 rings (SSSR count). The van der Waals surface area contributed by atoms with Crippen LogP contribution in [0.15, 0.2) is 83.8 Å². The molecule has 1 heterocycles. The molecule has 0 aromatic heterocycles. The third-order valence-corrected chi connectivity index (χ3v) is 8.18. The molecule has 1 aliphatic heterocycles. The van der Waals surface area contributed by atoms with Crippen LogP contribution >= 0.6 is 0 Å². The van der Waals surface area contributed by atoms with Crippen LogP contribution in [0.3, 0.4) is 0 Å². The fourth-order valence-electron chi connectivity index (χ4n) is 4.36. The Morgan fingerprint density at radius 1 is 0.917 bits per heavy atom. The highest BCUT2D eigenvalue weighted by molar-refractivity contribution is 7.89. The lowest BCUT2D eigenvalue weighted by atomic mass is 10.1. The van der Waals surface area contributed by atoms with E-state index < -0.39 is 10.0 Å². The van der Waals surface area contributed by atoms with Crippen LogP contribution in [0.4, 0.5) is 0 Å². The molecule has 0 radical (unpaired) electrons. The Hall–Kier alpha value is -3.20. The van der Waals surface area contributed by atoms with E-state index in [0.29, 0.717) is 36.6 Å². The zero-order valence-corrected chi connectivity index (χ0v) is 21.7. The monoisotopic (exact) mass is 507 g/mol. The Labute approximate surface area is 214 Å². The molecule has 1 amide bonds. The van der Waals surface area contributed by atoms with E-state index in [0.717, 1.165) is 19.6 Å². The van der Waals surface area contributed by atoms with Crippen LogP contribution < -0.4 is 4.74 Å². The maximum atomic E-state index is 13.3. The van der Waals surface area contributed by atoms with Gasteiger partial charge in [0.25, 0.3) is 5.91 Å². The first-order valence-corrected chi connectivity index (χ1v) is 13.6. The number of amides is 1.